The molecule has 1 aliphatic rings. The van der Waals surface area contributed by atoms with E-state index in [-0.39, 0.29) is 6.10 Å². The number of ether oxygens (including phenoxy) is 1. The largest absolute Gasteiger partial charge is 0.491 e. The third kappa shape index (κ3) is 2.05. The van der Waals surface area contributed by atoms with Gasteiger partial charge in [-0.25, -0.2) is 5.01 Å². The Bertz CT molecular complexity index is 308. The summed E-state index contributed by atoms with van der Waals surface area (Å²) in [5.41, 5.74) is 1.27. The third-order valence-electron chi connectivity index (χ3n) is 2.29. The summed E-state index contributed by atoms with van der Waals surface area (Å²) >= 11 is 0. The molecule has 0 aromatic heterocycles. The van der Waals surface area contributed by atoms with Crippen LogP contribution in [0.15, 0.2) is 24.3 Å². The molecule has 14 heavy (non-hydrogen) atoms. The van der Waals surface area contributed by atoms with Crippen molar-refractivity contribution in [3.8, 4) is 5.75 Å². The Morgan fingerprint density at radius 3 is 2.36 bits per heavy atom. The van der Waals surface area contributed by atoms with Crippen LogP contribution < -0.4 is 10.6 Å². The average Bonchev–Trinajstić information content (AvgIpc) is 2.83. The monoisotopic (exact) mass is 192 g/mol. The van der Waals surface area contributed by atoms with Crippen molar-refractivity contribution in [3.05, 3.63) is 29.8 Å². The molecule has 76 valence electrons. The Hall–Kier alpha value is -1.06. The van der Waals surface area contributed by atoms with Gasteiger partial charge in [-0.2, -0.15) is 0 Å². The highest BCUT2D eigenvalue weighted by Crippen LogP contribution is 2.31. The molecular formula is C11H16N2O. The van der Waals surface area contributed by atoms with E-state index in [9.17, 15) is 0 Å². The van der Waals surface area contributed by atoms with Gasteiger partial charge in [0.2, 0.25) is 0 Å². The molecule has 3 nitrogen and oxygen atoms in total. The Balaban J connectivity index is 2.03. The van der Waals surface area contributed by atoms with Gasteiger partial charge in [-0.05, 0) is 31.5 Å². The fraction of sp³-hybridized carbons (Fsp3) is 0.455. The van der Waals surface area contributed by atoms with E-state index in [1.54, 1.807) is 0 Å². The quantitative estimate of drug-likeness (QED) is 0.585. The normalized spacial score (nSPS) is 25.1. The molecule has 1 aromatic rings. The summed E-state index contributed by atoms with van der Waals surface area (Å²) in [4.78, 5) is 0. The lowest BCUT2D eigenvalue weighted by Gasteiger charge is -2.09. The summed E-state index contributed by atoms with van der Waals surface area (Å²) in [5.74, 6) is 6.54. The molecule has 1 aromatic carbocycles. The summed E-state index contributed by atoms with van der Waals surface area (Å²) in [5, 5.41) is 1.82. The first-order valence-electron chi connectivity index (χ1n) is 4.95. The lowest BCUT2D eigenvalue weighted by atomic mass is 10.1. The molecule has 0 aliphatic carbocycles. The van der Waals surface area contributed by atoms with Crippen LogP contribution >= 0.6 is 0 Å². The van der Waals surface area contributed by atoms with Crippen molar-refractivity contribution in [1.29, 1.82) is 0 Å². The van der Waals surface area contributed by atoms with Crippen molar-refractivity contribution in [2.45, 2.75) is 26.0 Å². The highest BCUT2D eigenvalue weighted by Gasteiger charge is 2.32. The van der Waals surface area contributed by atoms with Crippen LogP contribution in [-0.4, -0.2) is 17.7 Å². The maximum atomic E-state index is 5.62. The second kappa shape index (κ2) is 3.59. The first-order chi connectivity index (χ1) is 6.66. The maximum absolute atomic E-state index is 5.62. The van der Waals surface area contributed by atoms with Crippen LogP contribution in [0.4, 0.5) is 0 Å². The molecule has 2 rings (SSSR count). The summed E-state index contributed by atoms with van der Waals surface area (Å²) in [7, 11) is 0. The number of nitrogens with two attached hydrogens (primary N) is 1. The minimum Gasteiger partial charge on any atom is -0.491 e. The van der Waals surface area contributed by atoms with Gasteiger partial charge < -0.3 is 4.74 Å². The van der Waals surface area contributed by atoms with Gasteiger partial charge in [0.25, 0.3) is 0 Å². The molecular weight excluding hydrogens is 176 g/mol. The second-order valence-corrected chi connectivity index (χ2v) is 3.95. The highest BCUT2D eigenvalue weighted by molar-refractivity contribution is 5.31. The summed E-state index contributed by atoms with van der Waals surface area (Å²) in [6.45, 7) is 5.01. The van der Waals surface area contributed by atoms with Gasteiger partial charge in [-0.1, -0.05) is 12.1 Å². The number of hydrogen-bond donors (Lipinski definition) is 1. The van der Waals surface area contributed by atoms with Crippen LogP contribution in [-0.2, 0) is 0 Å². The van der Waals surface area contributed by atoms with Gasteiger partial charge in [-0.15, -0.1) is 0 Å². The van der Waals surface area contributed by atoms with Crippen molar-refractivity contribution in [2.24, 2.45) is 5.84 Å². The van der Waals surface area contributed by atoms with Crippen molar-refractivity contribution in [1.82, 2.24) is 5.01 Å². The molecule has 0 bridgehead atoms. The molecule has 2 N–H and O–H groups in total. The van der Waals surface area contributed by atoms with E-state index in [0.29, 0.717) is 6.04 Å². The predicted octanol–water partition coefficient (Wildman–Crippen LogP) is 1.70. The smallest absolute Gasteiger partial charge is 0.119 e. The number of hydrogen-bond acceptors (Lipinski definition) is 3. The molecule has 2 unspecified atom stereocenters. The van der Waals surface area contributed by atoms with Crippen LogP contribution in [0.25, 0.3) is 0 Å². The zero-order chi connectivity index (χ0) is 10.1. The lowest BCUT2D eigenvalue weighted by Crippen LogP contribution is -2.06. The summed E-state index contributed by atoms with van der Waals surface area (Å²) in [6, 6.07) is 8.58. The van der Waals surface area contributed by atoms with Crippen molar-refractivity contribution in [2.75, 3.05) is 6.54 Å². The van der Waals surface area contributed by atoms with Crippen molar-refractivity contribution in [3.63, 3.8) is 0 Å². The highest BCUT2D eigenvalue weighted by atomic mass is 16.5. The minimum absolute atomic E-state index is 0.229. The van der Waals surface area contributed by atoms with E-state index in [2.05, 4.69) is 12.1 Å². The lowest BCUT2D eigenvalue weighted by molar-refractivity contribution is 0.242. The predicted molar refractivity (Wildman–Crippen MR) is 55.8 cm³/mol. The van der Waals surface area contributed by atoms with E-state index in [4.69, 9.17) is 10.6 Å². The van der Waals surface area contributed by atoms with Crippen LogP contribution in [0.5, 0.6) is 5.75 Å². The van der Waals surface area contributed by atoms with Gasteiger partial charge in [0.15, 0.2) is 0 Å². The summed E-state index contributed by atoms with van der Waals surface area (Å²) in [6.07, 6.45) is 0.229. The molecule has 1 aliphatic heterocycles. The molecule has 0 radical (unpaired) electrons. The Morgan fingerprint density at radius 1 is 1.36 bits per heavy atom. The first kappa shape index (κ1) is 9.49. The fourth-order valence-corrected chi connectivity index (χ4v) is 1.49. The zero-order valence-electron chi connectivity index (χ0n) is 8.60. The van der Waals surface area contributed by atoms with E-state index in [0.717, 1.165) is 12.3 Å². The Kier molecular flexibility index (Phi) is 2.44. The van der Waals surface area contributed by atoms with Crippen molar-refractivity contribution < 1.29 is 4.74 Å². The average molecular weight is 192 g/mol. The maximum Gasteiger partial charge on any atom is 0.119 e. The van der Waals surface area contributed by atoms with Crippen molar-refractivity contribution >= 4 is 0 Å². The molecule has 1 heterocycles. The number of benzene rings is 1. The standard InChI is InChI=1S/C11H16N2O/c1-8(2)14-10-5-3-9(4-6-10)11-7-13(11)12/h3-6,8,11H,7,12H2,1-2H3. The Labute approximate surface area is 84.4 Å². The molecule has 0 saturated carbocycles. The third-order valence-corrected chi connectivity index (χ3v) is 2.29. The van der Waals surface area contributed by atoms with Gasteiger partial charge in [-0.3, -0.25) is 5.84 Å². The van der Waals surface area contributed by atoms with E-state index >= 15 is 0 Å². The van der Waals surface area contributed by atoms with Gasteiger partial charge in [0, 0.05) is 6.54 Å². The molecule has 0 spiro atoms. The SMILES string of the molecule is CC(C)Oc1ccc(C2CN2N)cc1. The Morgan fingerprint density at radius 2 is 1.93 bits per heavy atom. The first-order valence-corrected chi connectivity index (χ1v) is 4.95. The van der Waals surface area contributed by atoms with Crippen LogP contribution in [0.2, 0.25) is 0 Å². The molecule has 3 heteroatoms. The molecule has 0 amide bonds. The number of hydrazine groups is 1. The van der Waals surface area contributed by atoms with E-state index in [1.807, 2.05) is 31.0 Å². The molecule has 1 fully saturated rings. The molecule has 2 atom stereocenters. The van der Waals surface area contributed by atoms with E-state index in [1.165, 1.54) is 5.56 Å². The van der Waals surface area contributed by atoms with Crippen LogP contribution in [0, 0.1) is 0 Å². The summed E-state index contributed by atoms with van der Waals surface area (Å²) < 4.78 is 5.55. The van der Waals surface area contributed by atoms with Gasteiger partial charge in [0.1, 0.15) is 5.75 Å². The second-order valence-electron chi connectivity index (χ2n) is 3.95. The van der Waals surface area contributed by atoms with E-state index < -0.39 is 0 Å². The van der Waals surface area contributed by atoms with Gasteiger partial charge >= 0.3 is 0 Å². The van der Waals surface area contributed by atoms with Crippen LogP contribution in [0.1, 0.15) is 25.5 Å². The minimum atomic E-state index is 0.229. The fourth-order valence-electron chi connectivity index (χ4n) is 1.49. The van der Waals surface area contributed by atoms with Crippen LogP contribution in [0.3, 0.4) is 0 Å². The van der Waals surface area contributed by atoms with Gasteiger partial charge in [0.05, 0.1) is 12.1 Å². The topological polar surface area (TPSA) is 38.3 Å². The number of nitrogens with zero attached hydrogens (tertiary/aromatic N) is 1. The number of rotatable bonds is 3. The molecule has 1 saturated heterocycles. The zero-order valence-corrected chi connectivity index (χ0v) is 8.60.